The molecule has 3 N–H and O–H groups in total. The summed E-state index contributed by atoms with van der Waals surface area (Å²) < 4.78 is 0. The summed E-state index contributed by atoms with van der Waals surface area (Å²) in [5.74, 6) is -0.120. The molecule has 0 aliphatic carbocycles. The van der Waals surface area contributed by atoms with Crippen LogP contribution in [0.4, 0.5) is 0 Å². The zero-order chi connectivity index (χ0) is 30.1. The number of amides is 1. The van der Waals surface area contributed by atoms with E-state index in [1.54, 1.807) is 6.08 Å². The number of nitrogens with one attached hydrogen (secondary N) is 1. The second-order valence-electron chi connectivity index (χ2n) is 10.8. The van der Waals surface area contributed by atoms with Crippen molar-refractivity contribution in [3.63, 3.8) is 0 Å². The number of rotatable bonds is 28. The van der Waals surface area contributed by atoms with Crippen LogP contribution in [0.1, 0.15) is 136 Å². The molecule has 0 aromatic rings. The monoisotopic (exact) mass is 569 g/mol. The van der Waals surface area contributed by atoms with Crippen LogP contribution in [0.15, 0.2) is 72.9 Å². The highest BCUT2D eigenvalue weighted by Gasteiger charge is 2.17. The molecule has 41 heavy (non-hydrogen) atoms. The predicted octanol–water partition coefficient (Wildman–Crippen LogP) is 9.61. The van der Waals surface area contributed by atoms with E-state index in [-0.39, 0.29) is 12.5 Å². The van der Waals surface area contributed by atoms with E-state index in [1.807, 2.05) is 6.08 Å². The highest BCUT2D eigenvalue weighted by molar-refractivity contribution is 5.76. The first-order valence-corrected chi connectivity index (χ1v) is 16.7. The van der Waals surface area contributed by atoms with Crippen LogP contribution in [0.3, 0.4) is 0 Å². The van der Waals surface area contributed by atoms with Crippen molar-refractivity contribution in [1.82, 2.24) is 5.32 Å². The average molecular weight is 570 g/mol. The van der Waals surface area contributed by atoms with Crippen molar-refractivity contribution < 1.29 is 15.0 Å². The Hall–Kier alpha value is -2.17. The maximum Gasteiger partial charge on any atom is 0.220 e. The van der Waals surface area contributed by atoms with Gasteiger partial charge in [0, 0.05) is 6.42 Å². The molecule has 0 aromatic carbocycles. The lowest BCUT2D eigenvalue weighted by molar-refractivity contribution is -0.123. The quantitative estimate of drug-likeness (QED) is 0.0649. The van der Waals surface area contributed by atoms with Crippen molar-refractivity contribution in [3.8, 4) is 0 Å². The first kappa shape index (κ1) is 38.8. The first-order chi connectivity index (χ1) is 20.2. The number of carbonyl (C=O) groups excluding carboxylic acids is 1. The first-order valence-electron chi connectivity index (χ1n) is 16.7. The molecule has 4 heteroatoms. The van der Waals surface area contributed by atoms with Crippen LogP contribution < -0.4 is 5.32 Å². The molecule has 0 aliphatic heterocycles. The van der Waals surface area contributed by atoms with Gasteiger partial charge in [-0.25, -0.2) is 0 Å². The summed E-state index contributed by atoms with van der Waals surface area (Å²) in [7, 11) is 0. The Morgan fingerprint density at radius 3 is 1.71 bits per heavy atom. The van der Waals surface area contributed by atoms with E-state index in [9.17, 15) is 15.0 Å². The van der Waals surface area contributed by atoms with E-state index < -0.39 is 12.1 Å². The highest BCUT2D eigenvalue weighted by atomic mass is 16.3. The van der Waals surface area contributed by atoms with E-state index >= 15 is 0 Å². The van der Waals surface area contributed by atoms with Gasteiger partial charge in [0.05, 0.1) is 18.8 Å². The minimum Gasteiger partial charge on any atom is -0.394 e. The summed E-state index contributed by atoms with van der Waals surface area (Å²) in [5.41, 5.74) is 0. The topological polar surface area (TPSA) is 69.6 Å². The van der Waals surface area contributed by atoms with Gasteiger partial charge in [-0.05, 0) is 70.6 Å². The van der Waals surface area contributed by atoms with Gasteiger partial charge < -0.3 is 15.5 Å². The molecule has 0 heterocycles. The molecule has 1 amide bonds. The Balaban J connectivity index is 3.83. The molecule has 0 saturated heterocycles. The van der Waals surface area contributed by atoms with Crippen LogP contribution in [-0.4, -0.2) is 34.9 Å². The van der Waals surface area contributed by atoms with Crippen LogP contribution in [0.2, 0.25) is 0 Å². The van der Waals surface area contributed by atoms with Gasteiger partial charge in [0.1, 0.15) is 0 Å². The molecular formula is C37H63NO3. The minimum absolute atomic E-state index is 0.120. The second-order valence-corrected chi connectivity index (χ2v) is 10.8. The van der Waals surface area contributed by atoms with Crippen molar-refractivity contribution >= 4 is 5.91 Å². The number of aliphatic hydroxyl groups is 2. The zero-order valence-electron chi connectivity index (χ0n) is 26.5. The summed E-state index contributed by atoms with van der Waals surface area (Å²) in [6.07, 6.45) is 45.5. The molecule has 0 saturated carbocycles. The second kappa shape index (κ2) is 32.3. The minimum atomic E-state index is -0.880. The summed E-state index contributed by atoms with van der Waals surface area (Å²) in [5, 5.41) is 22.8. The number of hydrogen-bond donors (Lipinski definition) is 3. The largest absolute Gasteiger partial charge is 0.394 e. The van der Waals surface area contributed by atoms with Gasteiger partial charge in [-0.1, -0.05) is 132 Å². The molecule has 2 unspecified atom stereocenters. The SMILES string of the molecule is CC/C=C\C/C=C\C/C=C\C/C=C\CCCCC(=O)NC(CO)C(O)/C=C/CC/C=C/CCCCCCCCCC. The predicted molar refractivity (Wildman–Crippen MR) is 179 cm³/mol. The molecule has 234 valence electrons. The molecule has 2 atom stereocenters. The van der Waals surface area contributed by atoms with Gasteiger partial charge in [0.25, 0.3) is 0 Å². The number of allylic oxidation sites excluding steroid dienone is 11. The van der Waals surface area contributed by atoms with Crippen LogP contribution in [0.25, 0.3) is 0 Å². The van der Waals surface area contributed by atoms with Gasteiger partial charge in [-0.3, -0.25) is 4.79 Å². The van der Waals surface area contributed by atoms with E-state index in [4.69, 9.17) is 0 Å². The van der Waals surface area contributed by atoms with Gasteiger partial charge in [-0.2, -0.15) is 0 Å². The van der Waals surface area contributed by atoms with E-state index in [1.165, 1.54) is 51.4 Å². The molecular weight excluding hydrogens is 506 g/mol. The van der Waals surface area contributed by atoms with Gasteiger partial charge >= 0.3 is 0 Å². The van der Waals surface area contributed by atoms with Crippen LogP contribution >= 0.6 is 0 Å². The van der Waals surface area contributed by atoms with Gasteiger partial charge in [0.2, 0.25) is 5.91 Å². The molecule has 0 aliphatic rings. The number of unbranched alkanes of at least 4 members (excludes halogenated alkanes) is 11. The number of hydrogen-bond acceptors (Lipinski definition) is 3. The van der Waals surface area contributed by atoms with Crippen molar-refractivity contribution in [2.45, 2.75) is 148 Å². The smallest absolute Gasteiger partial charge is 0.220 e. The Bertz CT molecular complexity index is 747. The average Bonchev–Trinajstić information content (AvgIpc) is 2.97. The zero-order valence-corrected chi connectivity index (χ0v) is 26.5. The van der Waals surface area contributed by atoms with Crippen LogP contribution in [0, 0.1) is 0 Å². The maximum absolute atomic E-state index is 12.2. The Morgan fingerprint density at radius 2 is 1.10 bits per heavy atom. The lowest BCUT2D eigenvalue weighted by Crippen LogP contribution is -2.45. The van der Waals surface area contributed by atoms with Crippen molar-refractivity contribution in [2.75, 3.05) is 6.61 Å². The molecule has 0 rings (SSSR count). The van der Waals surface area contributed by atoms with Crippen molar-refractivity contribution in [1.29, 1.82) is 0 Å². The Kier molecular flexibility index (Phi) is 30.6. The molecule has 0 aromatic heterocycles. The molecule has 0 fully saturated rings. The maximum atomic E-state index is 12.2. The summed E-state index contributed by atoms with van der Waals surface area (Å²) in [6.45, 7) is 4.12. The van der Waals surface area contributed by atoms with Gasteiger partial charge in [0.15, 0.2) is 0 Å². The van der Waals surface area contributed by atoms with Crippen molar-refractivity contribution in [2.24, 2.45) is 0 Å². The third kappa shape index (κ3) is 29.1. The van der Waals surface area contributed by atoms with E-state index in [0.717, 1.165) is 64.2 Å². The van der Waals surface area contributed by atoms with Crippen LogP contribution in [-0.2, 0) is 4.79 Å². The normalized spacial score (nSPS) is 14.1. The Labute approximate surface area is 253 Å². The lowest BCUT2D eigenvalue weighted by atomic mass is 10.1. The lowest BCUT2D eigenvalue weighted by Gasteiger charge is -2.19. The standard InChI is InChI=1S/C37H63NO3/c1-3-5-7-9-11-13-15-17-19-21-23-25-27-29-31-33-37(41)38-35(34-39)36(40)32-30-28-26-24-22-20-18-16-14-12-10-8-6-4-2/h5,7,11,13,17,19,22-25,30,32,35-36,39-40H,3-4,6,8-10,12,14-16,18,20-21,26-29,31,33-34H2,1-2H3,(H,38,41)/b7-5-,13-11-,19-17-,24-22+,25-23-,32-30+. The molecule has 0 radical (unpaired) electrons. The van der Waals surface area contributed by atoms with E-state index in [0.29, 0.717) is 6.42 Å². The van der Waals surface area contributed by atoms with Gasteiger partial charge in [-0.15, -0.1) is 0 Å². The highest BCUT2D eigenvalue weighted by Crippen LogP contribution is 2.10. The molecule has 0 bridgehead atoms. The fourth-order valence-corrected chi connectivity index (χ4v) is 4.36. The van der Waals surface area contributed by atoms with Crippen molar-refractivity contribution in [3.05, 3.63) is 72.9 Å². The number of carbonyl (C=O) groups is 1. The summed E-state index contributed by atoms with van der Waals surface area (Å²) in [4.78, 5) is 12.2. The Morgan fingerprint density at radius 1 is 0.610 bits per heavy atom. The summed E-state index contributed by atoms with van der Waals surface area (Å²) >= 11 is 0. The fourth-order valence-electron chi connectivity index (χ4n) is 4.36. The summed E-state index contributed by atoms with van der Waals surface area (Å²) in [6, 6.07) is -0.661. The molecule has 4 nitrogen and oxygen atoms in total. The third-order valence-corrected chi connectivity index (χ3v) is 6.92. The van der Waals surface area contributed by atoms with E-state index in [2.05, 4.69) is 79.9 Å². The fraction of sp³-hybridized carbons (Fsp3) is 0.649. The molecule has 0 spiro atoms. The third-order valence-electron chi connectivity index (χ3n) is 6.92. The van der Waals surface area contributed by atoms with Crippen LogP contribution in [0.5, 0.6) is 0 Å². The number of aliphatic hydroxyl groups excluding tert-OH is 2.